The van der Waals surface area contributed by atoms with Gasteiger partial charge in [0.05, 0.1) is 0 Å². The van der Waals surface area contributed by atoms with Crippen LogP contribution in [0.1, 0.15) is 41.3 Å². The van der Waals surface area contributed by atoms with Crippen molar-refractivity contribution >= 4 is 11.3 Å². The number of thiophene rings is 1. The van der Waals surface area contributed by atoms with E-state index in [1.807, 2.05) is 11.3 Å². The third-order valence-corrected chi connectivity index (χ3v) is 4.80. The van der Waals surface area contributed by atoms with Gasteiger partial charge in [0.25, 0.3) is 0 Å². The summed E-state index contributed by atoms with van der Waals surface area (Å²) in [6.07, 6.45) is 2.48. The number of rotatable bonds is 5. The van der Waals surface area contributed by atoms with Crippen molar-refractivity contribution < 1.29 is 0 Å². The van der Waals surface area contributed by atoms with Crippen LogP contribution in [-0.4, -0.2) is 6.54 Å². The Balaban J connectivity index is 1.72. The quantitative estimate of drug-likeness (QED) is 0.849. The maximum Gasteiger partial charge on any atom is 0.0420 e. The summed E-state index contributed by atoms with van der Waals surface area (Å²) < 4.78 is 0. The van der Waals surface area contributed by atoms with E-state index in [2.05, 4.69) is 54.0 Å². The maximum absolute atomic E-state index is 3.63. The molecule has 2 heteroatoms. The highest BCUT2D eigenvalue weighted by Gasteiger charge is 2.28. The van der Waals surface area contributed by atoms with Gasteiger partial charge in [0.15, 0.2) is 0 Å². The first-order valence-corrected chi connectivity index (χ1v) is 7.61. The first-order chi connectivity index (χ1) is 8.88. The molecule has 1 N–H and O–H groups in total. The first kappa shape index (κ1) is 11.9. The molecule has 3 rings (SSSR count). The van der Waals surface area contributed by atoms with E-state index in [1.54, 1.807) is 11.1 Å². The molecule has 2 unspecified atom stereocenters. The van der Waals surface area contributed by atoms with Crippen LogP contribution in [-0.2, 0) is 6.42 Å². The molecule has 0 aliphatic heterocycles. The second kappa shape index (κ2) is 5.25. The van der Waals surface area contributed by atoms with E-state index in [1.165, 1.54) is 17.7 Å². The Bertz CT molecular complexity index is 504. The van der Waals surface area contributed by atoms with Crippen molar-refractivity contribution in [3.63, 3.8) is 0 Å². The minimum Gasteiger partial charge on any atom is -0.310 e. The average Bonchev–Trinajstić information content (AvgIpc) is 2.88. The zero-order chi connectivity index (χ0) is 12.4. The van der Waals surface area contributed by atoms with Crippen molar-refractivity contribution in [3.8, 4) is 0 Å². The highest BCUT2D eigenvalue weighted by molar-refractivity contribution is 7.10. The number of benzene rings is 1. The lowest BCUT2D eigenvalue weighted by Crippen LogP contribution is -2.26. The van der Waals surface area contributed by atoms with Crippen molar-refractivity contribution in [3.05, 3.63) is 57.8 Å². The van der Waals surface area contributed by atoms with Crippen LogP contribution in [0.3, 0.4) is 0 Å². The summed E-state index contributed by atoms with van der Waals surface area (Å²) >= 11 is 1.87. The van der Waals surface area contributed by atoms with E-state index in [-0.39, 0.29) is 0 Å². The van der Waals surface area contributed by atoms with Crippen LogP contribution in [0.25, 0.3) is 0 Å². The standard InChI is InChI=1S/C16H19NS/c1-2-17-15(16-8-5-9-18-16)11-13-10-12-6-3-4-7-14(12)13/h3-9,13,15,17H,2,10-11H2,1H3. The summed E-state index contributed by atoms with van der Waals surface area (Å²) in [4.78, 5) is 1.47. The minimum atomic E-state index is 0.522. The summed E-state index contributed by atoms with van der Waals surface area (Å²) in [5.41, 5.74) is 3.11. The molecule has 1 aliphatic rings. The lowest BCUT2D eigenvalue weighted by Gasteiger charge is -2.33. The molecule has 2 atom stereocenters. The van der Waals surface area contributed by atoms with E-state index in [0.29, 0.717) is 6.04 Å². The molecular formula is C16H19NS. The lowest BCUT2D eigenvalue weighted by atomic mass is 9.74. The van der Waals surface area contributed by atoms with Gasteiger partial charge in [-0.05, 0) is 47.9 Å². The van der Waals surface area contributed by atoms with Gasteiger partial charge in [-0.1, -0.05) is 37.3 Å². The molecule has 1 aliphatic carbocycles. The Kier molecular flexibility index (Phi) is 3.48. The Morgan fingerprint density at radius 1 is 1.28 bits per heavy atom. The molecule has 0 saturated carbocycles. The number of hydrogen-bond acceptors (Lipinski definition) is 2. The molecule has 2 aromatic rings. The van der Waals surface area contributed by atoms with Gasteiger partial charge in [-0.3, -0.25) is 0 Å². The van der Waals surface area contributed by atoms with Gasteiger partial charge in [-0.2, -0.15) is 0 Å². The van der Waals surface area contributed by atoms with Crippen LogP contribution < -0.4 is 5.32 Å². The number of fused-ring (bicyclic) bond motifs is 1. The number of hydrogen-bond donors (Lipinski definition) is 1. The van der Waals surface area contributed by atoms with Gasteiger partial charge >= 0.3 is 0 Å². The zero-order valence-corrected chi connectivity index (χ0v) is 11.5. The largest absolute Gasteiger partial charge is 0.310 e. The average molecular weight is 257 g/mol. The molecule has 18 heavy (non-hydrogen) atoms. The SMILES string of the molecule is CCNC(CC1Cc2ccccc21)c1cccs1. The van der Waals surface area contributed by atoms with E-state index in [4.69, 9.17) is 0 Å². The van der Waals surface area contributed by atoms with Gasteiger partial charge in [0.2, 0.25) is 0 Å². The highest BCUT2D eigenvalue weighted by atomic mass is 32.1. The monoisotopic (exact) mass is 257 g/mol. The van der Waals surface area contributed by atoms with Crippen molar-refractivity contribution in [2.24, 2.45) is 0 Å². The van der Waals surface area contributed by atoms with Gasteiger partial charge in [0.1, 0.15) is 0 Å². The summed E-state index contributed by atoms with van der Waals surface area (Å²) in [6.45, 7) is 3.23. The summed E-state index contributed by atoms with van der Waals surface area (Å²) in [7, 11) is 0. The van der Waals surface area contributed by atoms with Crippen LogP contribution in [0.5, 0.6) is 0 Å². The van der Waals surface area contributed by atoms with E-state index >= 15 is 0 Å². The predicted molar refractivity (Wildman–Crippen MR) is 78.2 cm³/mol. The fraction of sp³-hybridized carbons (Fsp3) is 0.375. The second-order valence-corrected chi connectivity index (χ2v) is 5.94. The Labute approximate surface area is 113 Å². The Morgan fingerprint density at radius 2 is 2.17 bits per heavy atom. The van der Waals surface area contributed by atoms with Crippen LogP contribution in [0.4, 0.5) is 0 Å². The molecule has 1 aromatic carbocycles. The molecule has 0 spiro atoms. The topological polar surface area (TPSA) is 12.0 Å². The third-order valence-electron chi connectivity index (χ3n) is 3.82. The maximum atomic E-state index is 3.63. The minimum absolute atomic E-state index is 0.522. The molecule has 1 heterocycles. The van der Waals surface area contributed by atoms with Crippen molar-refractivity contribution in [1.82, 2.24) is 5.32 Å². The zero-order valence-electron chi connectivity index (χ0n) is 10.7. The van der Waals surface area contributed by atoms with Crippen LogP contribution in [0, 0.1) is 0 Å². The smallest absolute Gasteiger partial charge is 0.0420 e. The van der Waals surface area contributed by atoms with Crippen molar-refractivity contribution in [1.29, 1.82) is 0 Å². The summed E-state index contributed by atoms with van der Waals surface area (Å²) in [5.74, 6) is 0.743. The highest BCUT2D eigenvalue weighted by Crippen LogP contribution is 2.41. The molecule has 0 fully saturated rings. The predicted octanol–water partition coefficient (Wildman–Crippen LogP) is 4.13. The van der Waals surface area contributed by atoms with E-state index in [0.717, 1.165) is 12.5 Å². The Hall–Kier alpha value is -1.12. The van der Waals surface area contributed by atoms with Crippen LogP contribution in [0.2, 0.25) is 0 Å². The second-order valence-electron chi connectivity index (χ2n) is 4.96. The molecular weight excluding hydrogens is 238 g/mol. The fourth-order valence-corrected chi connectivity index (χ4v) is 3.71. The molecule has 1 aromatic heterocycles. The third kappa shape index (κ3) is 2.23. The van der Waals surface area contributed by atoms with Crippen LogP contribution in [0.15, 0.2) is 41.8 Å². The fourth-order valence-electron chi connectivity index (χ4n) is 2.89. The molecule has 1 nitrogen and oxygen atoms in total. The van der Waals surface area contributed by atoms with Gasteiger partial charge in [-0.25, -0.2) is 0 Å². The number of nitrogens with one attached hydrogen (secondary N) is 1. The van der Waals surface area contributed by atoms with Gasteiger partial charge in [-0.15, -0.1) is 11.3 Å². The normalized spacial score (nSPS) is 19.1. The molecule has 0 radical (unpaired) electrons. The van der Waals surface area contributed by atoms with E-state index in [9.17, 15) is 0 Å². The summed E-state index contributed by atoms with van der Waals surface area (Å²) in [5, 5.41) is 5.80. The lowest BCUT2D eigenvalue weighted by molar-refractivity contribution is 0.440. The Morgan fingerprint density at radius 3 is 2.89 bits per heavy atom. The van der Waals surface area contributed by atoms with Gasteiger partial charge < -0.3 is 5.32 Å². The molecule has 94 valence electrons. The van der Waals surface area contributed by atoms with Gasteiger partial charge in [0, 0.05) is 10.9 Å². The van der Waals surface area contributed by atoms with Crippen LogP contribution >= 0.6 is 11.3 Å². The molecule has 0 amide bonds. The summed E-state index contributed by atoms with van der Waals surface area (Å²) in [6, 6.07) is 13.8. The van der Waals surface area contributed by atoms with E-state index < -0.39 is 0 Å². The van der Waals surface area contributed by atoms with Crippen molar-refractivity contribution in [2.45, 2.75) is 31.7 Å². The first-order valence-electron chi connectivity index (χ1n) is 6.73. The van der Waals surface area contributed by atoms with Crippen molar-refractivity contribution in [2.75, 3.05) is 6.54 Å². The molecule has 0 bridgehead atoms. The molecule has 0 saturated heterocycles.